The van der Waals surface area contributed by atoms with Gasteiger partial charge in [0.2, 0.25) is 23.8 Å². The number of methoxy groups -OCH3 is 1. The van der Waals surface area contributed by atoms with Crippen molar-refractivity contribution < 1.29 is 19.0 Å². The number of benzene rings is 2. The standard InChI is InChI=1S/C32H41N9O4/c1-43-28-11-7-25(8-12-28)23-37-31-39-30(36-16-13-26-4-2-3-15-34-26)40-32(41-31)38-27-9-5-24(6-10-27)22-29(42)35-17-19-45-21-20-44-18-14-33/h2-12,15H,13-14,16-23,33H2,1H3,(H,35,42)(H3,36,37,38,39,40,41). The van der Waals surface area contributed by atoms with Gasteiger partial charge in [-0.25, -0.2) is 0 Å². The predicted octanol–water partition coefficient (Wildman–Crippen LogP) is 2.94. The van der Waals surface area contributed by atoms with Gasteiger partial charge in [0, 0.05) is 50.2 Å². The third-order valence-electron chi connectivity index (χ3n) is 6.41. The largest absolute Gasteiger partial charge is 0.497 e. The molecule has 0 spiro atoms. The minimum atomic E-state index is -0.0786. The predicted molar refractivity (Wildman–Crippen MR) is 174 cm³/mol. The van der Waals surface area contributed by atoms with Crippen LogP contribution in [-0.2, 0) is 33.7 Å². The summed E-state index contributed by atoms with van der Waals surface area (Å²) in [4.78, 5) is 30.4. The average molecular weight is 616 g/mol. The molecule has 0 saturated carbocycles. The van der Waals surface area contributed by atoms with Gasteiger partial charge in [0.1, 0.15) is 5.75 Å². The van der Waals surface area contributed by atoms with Crippen LogP contribution in [0.25, 0.3) is 0 Å². The fourth-order valence-electron chi connectivity index (χ4n) is 4.11. The molecule has 45 heavy (non-hydrogen) atoms. The lowest BCUT2D eigenvalue weighted by atomic mass is 10.1. The van der Waals surface area contributed by atoms with E-state index in [-0.39, 0.29) is 12.3 Å². The summed E-state index contributed by atoms with van der Waals surface area (Å²) in [6.45, 7) is 3.93. The Morgan fingerprint density at radius 2 is 1.49 bits per heavy atom. The van der Waals surface area contributed by atoms with Gasteiger partial charge in [0.15, 0.2) is 0 Å². The highest BCUT2D eigenvalue weighted by Crippen LogP contribution is 2.18. The first-order valence-corrected chi connectivity index (χ1v) is 14.9. The lowest BCUT2D eigenvalue weighted by Crippen LogP contribution is -2.29. The van der Waals surface area contributed by atoms with Gasteiger partial charge in [-0.3, -0.25) is 9.78 Å². The van der Waals surface area contributed by atoms with E-state index in [2.05, 4.69) is 41.2 Å². The van der Waals surface area contributed by atoms with Gasteiger partial charge in [-0.05, 0) is 47.5 Å². The first-order chi connectivity index (χ1) is 22.1. The number of ether oxygens (including phenoxy) is 3. The Kier molecular flexibility index (Phi) is 13.8. The number of hydrogen-bond donors (Lipinski definition) is 5. The third kappa shape index (κ3) is 12.3. The van der Waals surface area contributed by atoms with Gasteiger partial charge in [-0.15, -0.1) is 0 Å². The molecule has 238 valence electrons. The Bertz CT molecular complexity index is 1430. The van der Waals surface area contributed by atoms with Crippen molar-refractivity contribution in [3.8, 4) is 5.75 Å². The van der Waals surface area contributed by atoms with Crippen LogP contribution >= 0.6 is 0 Å². The zero-order chi connectivity index (χ0) is 31.5. The Balaban J connectivity index is 1.31. The number of nitrogens with zero attached hydrogens (tertiary/aromatic N) is 4. The molecule has 0 aliphatic heterocycles. The summed E-state index contributed by atoms with van der Waals surface area (Å²) in [6, 6.07) is 21.2. The number of nitrogens with one attached hydrogen (secondary N) is 4. The van der Waals surface area contributed by atoms with E-state index in [0.29, 0.717) is 70.5 Å². The van der Waals surface area contributed by atoms with Crippen molar-refractivity contribution in [1.29, 1.82) is 0 Å². The maximum Gasteiger partial charge on any atom is 0.233 e. The molecule has 0 fully saturated rings. The molecule has 4 aromatic rings. The van der Waals surface area contributed by atoms with E-state index in [9.17, 15) is 4.79 Å². The number of rotatable bonds is 20. The maximum atomic E-state index is 12.3. The molecule has 13 heteroatoms. The number of carbonyl (C=O) groups is 1. The Labute approximate surface area is 263 Å². The summed E-state index contributed by atoms with van der Waals surface area (Å²) < 4.78 is 15.9. The van der Waals surface area contributed by atoms with Crippen molar-refractivity contribution in [3.05, 3.63) is 89.7 Å². The van der Waals surface area contributed by atoms with Gasteiger partial charge < -0.3 is 41.2 Å². The topological polar surface area (TPSA) is 170 Å². The monoisotopic (exact) mass is 615 g/mol. The summed E-state index contributed by atoms with van der Waals surface area (Å²) in [5, 5.41) is 12.7. The fourth-order valence-corrected chi connectivity index (χ4v) is 4.11. The Hall–Kier alpha value is -4.85. The van der Waals surface area contributed by atoms with Crippen LogP contribution in [-0.4, -0.2) is 79.0 Å². The maximum absolute atomic E-state index is 12.3. The SMILES string of the molecule is COc1ccc(CNc2nc(NCCc3ccccn3)nc(Nc3ccc(CC(=O)NCCOCCOCCN)cc3)n2)cc1. The molecular formula is C32H41N9O4. The molecule has 2 aromatic heterocycles. The highest BCUT2D eigenvalue weighted by Gasteiger charge is 2.09. The quantitative estimate of drug-likeness (QED) is 0.0923. The van der Waals surface area contributed by atoms with Gasteiger partial charge in [0.05, 0.1) is 40.0 Å². The van der Waals surface area contributed by atoms with E-state index < -0.39 is 0 Å². The molecule has 0 saturated heterocycles. The number of nitrogens with two attached hydrogens (primary N) is 1. The van der Waals surface area contributed by atoms with E-state index in [0.717, 1.165) is 34.7 Å². The molecule has 0 aliphatic rings. The minimum absolute atomic E-state index is 0.0786. The van der Waals surface area contributed by atoms with Crippen molar-refractivity contribution in [2.24, 2.45) is 5.73 Å². The van der Waals surface area contributed by atoms with Gasteiger partial charge in [-0.2, -0.15) is 15.0 Å². The van der Waals surface area contributed by atoms with Crippen molar-refractivity contribution in [2.45, 2.75) is 19.4 Å². The summed E-state index contributed by atoms with van der Waals surface area (Å²) in [5.41, 5.74) is 9.05. The van der Waals surface area contributed by atoms with Crippen LogP contribution in [0.4, 0.5) is 23.5 Å². The van der Waals surface area contributed by atoms with Crippen molar-refractivity contribution in [3.63, 3.8) is 0 Å². The minimum Gasteiger partial charge on any atom is -0.497 e. The van der Waals surface area contributed by atoms with Crippen molar-refractivity contribution in [2.75, 3.05) is 69.1 Å². The second kappa shape index (κ2) is 18.7. The number of anilines is 4. The zero-order valence-electron chi connectivity index (χ0n) is 25.5. The molecule has 0 unspecified atom stereocenters. The second-order valence-corrected chi connectivity index (χ2v) is 9.87. The summed E-state index contributed by atoms with van der Waals surface area (Å²) >= 11 is 0. The van der Waals surface area contributed by atoms with Crippen LogP contribution in [0, 0.1) is 0 Å². The molecule has 0 radical (unpaired) electrons. The molecular weight excluding hydrogens is 574 g/mol. The van der Waals surface area contributed by atoms with Crippen molar-refractivity contribution in [1.82, 2.24) is 25.3 Å². The van der Waals surface area contributed by atoms with Gasteiger partial charge in [-0.1, -0.05) is 30.3 Å². The number of aromatic nitrogens is 4. The molecule has 0 atom stereocenters. The van der Waals surface area contributed by atoms with E-state index in [1.54, 1.807) is 13.3 Å². The highest BCUT2D eigenvalue weighted by atomic mass is 16.5. The van der Waals surface area contributed by atoms with Crippen LogP contribution in [0.2, 0.25) is 0 Å². The van der Waals surface area contributed by atoms with Crippen LogP contribution in [0.3, 0.4) is 0 Å². The van der Waals surface area contributed by atoms with E-state index >= 15 is 0 Å². The van der Waals surface area contributed by atoms with Gasteiger partial charge in [0.25, 0.3) is 0 Å². The molecule has 2 heterocycles. The van der Waals surface area contributed by atoms with E-state index in [1.807, 2.05) is 66.7 Å². The number of pyridine rings is 1. The smallest absolute Gasteiger partial charge is 0.233 e. The van der Waals surface area contributed by atoms with Crippen LogP contribution in [0.15, 0.2) is 72.9 Å². The van der Waals surface area contributed by atoms with E-state index in [4.69, 9.17) is 19.9 Å². The molecule has 0 aliphatic carbocycles. The normalized spacial score (nSPS) is 10.7. The molecule has 6 N–H and O–H groups in total. The highest BCUT2D eigenvalue weighted by molar-refractivity contribution is 5.78. The molecule has 0 bridgehead atoms. The Morgan fingerprint density at radius 3 is 2.20 bits per heavy atom. The molecule has 1 amide bonds. The second-order valence-electron chi connectivity index (χ2n) is 9.87. The first-order valence-electron chi connectivity index (χ1n) is 14.9. The first kappa shape index (κ1) is 33.1. The number of hydrogen-bond acceptors (Lipinski definition) is 12. The fraction of sp³-hybridized carbons (Fsp3) is 0.344. The average Bonchev–Trinajstić information content (AvgIpc) is 3.06. The molecule has 4 rings (SSSR count). The molecule has 13 nitrogen and oxygen atoms in total. The zero-order valence-corrected chi connectivity index (χ0v) is 25.5. The Morgan fingerprint density at radius 1 is 0.778 bits per heavy atom. The number of carbonyl (C=O) groups excluding carboxylic acids is 1. The van der Waals surface area contributed by atoms with Crippen LogP contribution in [0.5, 0.6) is 5.75 Å². The summed E-state index contributed by atoms with van der Waals surface area (Å²) in [6.07, 6.45) is 2.75. The van der Waals surface area contributed by atoms with Crippen LogP contribution < -0.4 is 31.7 Å². The molecule has 2 aromatic carbocycles. The van der Waals surface area contributed by atoms with Crippen LogP contribution in [0.1, 0.15) is 16.8 Å². The van der Waals surface area contributed by atoms with E-state index in [1.165, 1.54) is 0 Å². The lowest BCUT2D eigenvalue weighted by molar-refractivity contribution is -0.120. The van der Waals surface area contributed by atoms with Gasteiger partial charge >= 0.3 is 0 Å². The lowest BCUT2D eigenvalue weighted by Gasteiger charge is -2.12. The third-order valence-corrected chi connectivity index (χ3v) is 6.41. The van der Waals surface area contributed by atoms with Crippen molar-refractivity contribution >= 4 is 29.4 Å². The summed E-state index contributed by atoms with van der Waals surface area (Å²) in [7, 11) is 1.64. The summed E-state index contributed by atoms with van der Waals surface area (Å²) in [5.74, 6) is 1.94. The number of amides is 1.